The molecule has 0 aliphatic carbocycles. The largest absolute Gasteiger partial charge is 0.508 e. The molecule has 2 amide bonds. The highest BCUT2D eigenvalue weighted by molar-refractivity contribution is 5.74. The first-order valence-electron chi connectivity index (χ1n) is 5.82. The molecule has 17 heavy (non-hydrogen) atoms. The van der Waals surface area contributed by atoms with Crippen LogP contribution >= 0.6 is 0 Å². The van der Waals surface area contributed by atoms with Crippen molar-refractivity contribution in [2.45, 2.75) is 39.3 Å². The fourth-order valence-corrected chi connectivity index (χ4v) is 1.56. The first-order valence-corrected chi connectivity index (χ1v) is 5.82. The average molecular weight is 236 g/mol. The van der Waals surface area contributed by atoms with Crippen molar-refractivity contribution >= 4 is 6.03 Å². The number of urea groups is 1. The second kappa shape index (κ2) is 6.13. The van der Waals surface area contributed by atoms with E-state index in [1.54, 1.807) is 12.1 Å². The van der Waals surface area contributed by atoms with Crippen LogP contribution in [0.25, 0.3) is 0 Å². The molecular formula is C13H20N2O2. The van der Waals surface area contributed by atoms with Crippen LogP contribution in [-0.2, 0) is 6.42 Å². The second-order valence-corrected chi connectivity index (χ2v) is 4.54. The van der Waals surface area contributed by atoms with Gasteiger partial charge in [-0.25, -0.2) is 4.79 Å². The lowest BCUT2D eigenvalue weighted by Gasteiger charge is -2.16. The third-order valence-electron chi connectivity index (χ3n) is 2.28. The maximum Gasteiger partial charge on any atom is 0.315 e. The molecule has 0 radical (unpaired) electrons. The van der Waals surface area contributed by atoms with Crippen molar-refractivity contribution in [3.8, 4) is 5.75 Å². The van der Waals surface area contributed by atoms with Crippen LogP contribution in [0.1, 0.15) is 26.3 Å². The van der Waals surface area contributed by atoms with Gasteiger partial charge in [0, 0.05) is 12.1 Å². The SMILES string of the molecule is CC(C)NC(=O)NC(C)Cc1ccc(O)cc1. The molecule has 3 N–H and O–H groups in total. The van der Waals surface area contributed by atoms with Crippen LogP contribution in [0.15, 0.2) is 24.3 Å². The summed E-state index contributed by atoms with van der Waals surface area (Å²) in [6.45, 7) is 5.79. The van der Waals surface area contributed by atoms with E-state index in [4.69, 9.17) is 5.11 Å². The number of rotatable bonds is 4. The number of hydrogen-bond donors (Lipinski definition) is 3. The molecule has 94 valence electrons. The number of phenols is 1. The first-order chi connectivity index (χ1) is 7.97. The second-order valence-electron chi connectivity index (χ2n) is 4.54. The van der Waals surface area contributed by atoms with Crippen molar-refractivity contribution in [1.29, 1.82) is 0 Å². The van der Waals surface area contributed by atoms with Crippen LogP contribution in [0, 0.1) is 0 Å². The topological polar surface area (TPSA) is 61.4 Å². The lowest BCUT2D eigenvalue weighted by Crippen LogP contribution is -2.44. The Hall–Kier alpha value is -1.71. The fraction of sp³-hybridized carbons (Fsp3) is 0.462. The summed E-state index contributed by atoms with van der Waals surface area (Å²) in [5, 5.41) is 14.8. The zero-order valence-corrected chi connectivity index (χ0v) is 10.5. The fourth-order valence-electron chi connectivity index (χ4n) is 1.56. The van der Waals surface area contributed by atoms with Gasteiger partial charge in [0.25, 0.3) is 0 Å². The first kappa shape index (κ1) is 13.4. The number of carbonyl (C=O) groups excluding carboxylic acids is 1. The highest BCUT2D eigenvalue weighted by Gasteiger charge is 2.08. The lowest BCUT2D eigenvalue weighted by atomic mass is 10.1. The molecule has 1 unspecified atom stereocenters. The average Bonchev–Trinajstić information content (AvgIpc) is 2.19. The number of hydrogen-bond acceptors (Lipinski definition) is 2. The van der Waals surface area contributed by atoms with E-state index in [2.05, 4.69) is 10.6 Å². The molecule has 1 atom stereocenters. The van der Waals surface area contributed by atoms with Gasteiger partial charge in [-0.3, -0.25) is 0 Å². The minimum absolute atomic E-state index is 0.0540. The Morgan fingerprint density at radius 1 is 1.18 bits per heavy atom. The van der Waals surface area contributed by atoms with Crippen LogP contribution < -0.4 is 10.6 Å². The molecular weight excluding hydrogens is 216 g/mol. The molecule has 0 heterocycles. The lowest BCUT2D eigenvalue weighted by molar-refractivity contribution is 0.235. The number of phenolic OH excluding ortho intramolecular Hbond substituents is 1. The molecule has 0 fully saturated rings. The smallest absolute Gasteiger partial charge is 0.315 e. The number of benzene rings is 1. The van der Waals surface area contributed by atoms with Gasteiger partial charge in [0.15, 0.2) is 0 Å². The third-order valence-corrected chi connectivity index (χ3v) is 2.28. The van der Waals surface area contributed by atoms with E-state index in [0.717, 1.165) is 12.0 Å². The van der Waals surface area contributed by atoms with E-state index in [0.29, 0.717) is 0 Å². The van der Waals surface area contributed by atoms with Crippen molar-refractivity contribution in [2.24, 2.45) is 0 Å². The molecule has 0 aliphatic heterocycles. The van der Waals surface area contributed by atoms with Crippen LogP contribution in [0.2, 0.25) is 0 Å². The van der Waals surface area contributed by atoms with Crippen molar-refractivity contribution in [3.63, 3.8) is 0 Å². The van der Waals surface area contributed by atoms with Crippen LogP contribution in [0.5, 0.6) is 5.75 Å². The van der Waals surface area contributed by atoms with Crippen molar-refractivity contribution < 1.29 is 9.90 Å². The van der Waals surface area contributed by atoms with Crippen LogP contribution in [0.4, 0.5) is 4.79 Å². The summed E-state index contributed by atoms with van der Waals surface area (Å²) in [7, 11) is 0. The van der Waals surface area contributed by atoms with E-state index in [1.807, 2.05) is 32.9 Å². The molecule has 4 nitrogen and oxygen atoms in total. The van der Waals surface area contributed by atoms with Gasteiger partial charge in [0.05, 0.1) is 0 Å². The molecule has 4 heteroatoms. The monoisotopic (exact) mass is 236 g/mol. The number of nitrogens with one attached hydrogen (secondary N) is 2. The molecule has 0 saturated heterocycles. The molecule has 0 aliphatic rings. The quantitative estimate of drug-likeness (QED) is 0.749. The standard InChI is InChI=1S/C13H20N2O2/c1-9(2)14-13(17)15-10(3)8-11-4-6-12(16)7-5-11/h4-7,9-10,16H,8H2,1-3H3,(H2,14,15,17). The summed E-state index contributed by atoms with van der Waals surface area (Å²) in [4.78, 5) is 11.4. The van der Waals surface area contributed by atoms with E-state index < -0.39 is 0 Å². The Kier molecular flexibility index (Phi) is 4.82. The maximum absolute atomic E-state index is 11.4. The predicted octanol–water partition coefficient (Wildman–Crippen LogP) is 2.03. The van der Waals surface area contributed by atoms with Gasteiger partial charge >= 0.3 is 6.03 Å². The zero-order valence-electron chi connectivity index (χ0n) is 10.5. The normalized spacial score (nSPS) is 12.2. The van der Waals surface area contributed by atoms with Gasteiger partial charge in [0.1, 0.15) is 5.75 Å². The Bertz CT molecular complexity index is 360. The molecule has 0 bridgehead atoms. The number of carbonyl (C=O) groups is 1. The van der Waals surface area contributed by atoms with Crippen molar-refractivity contribution in [1.82, 2.24) is 10.6 Å². The van der Waals surface area contributed by atoms with Gasteiger partial charge in [0.2, 0.25) is 0 Å². The van der Waals surface area contributed by atoms with Gasteiger partial charge < -0.3 is 15.7 Å². The number of amides is 2. The number of aromatic hydroxyl groups is 1. The highest BCUT2D eigenvalue weighted by Crippen LogP contribution is 2.11. The summed E-state index contributed by atoms with van der Waals surface area (Å²) < 4.78 is 0. The Morgan fingerprint density at radius 2 is 1.76 bits per heavy atom. The van der Waals surface area contributed by atoms with E-state index in [9.17, 15) is 4.79 Å². The molecule has 1 aromatic rings. The summed E-state index contributed by atoms with van der Waals surface area (Å²) in [6, 6.07) is 7.05. The van der Waals surface area contributed by atoms with Crippen LogP contribution in [0.3, 0.4) is 0 Å². The van der Waals surface area contributed by atoms with E-state index in [1.165, 1.54) is 0 Å². The Morgan fingerprint density at radius 3 is 2.29 bits per heavy atom. The summed E-state index contributed by atoms with van der Waals surface area (Å²) in [5.74, 6) is 0.256. The maximum atomic E-state index is 11.4. The minimum Gasteiger partial charge on any atom is -0.508 e. The predicted molar refractivity (Wildman–Crippen MR) is 68.1 cm³/mol. The molecule has 0 saturated carbocycles. The van der Waals surface area contributed by atoms with Gasteiger partial charge in [-0.15, -0.1) is 0 Å². The zero-order chi connectivity index (χ0) is 12.8. The van der Waals surface area contributed by atoms with Gasteiger partial charge in [-0.2, -0.15) is 0 Å². The molecule has 0 spiro atoms. The van der Waals surface area contributed by atoms with Gasteiger partial charge in [-0.1, -0.05) is 12.1 Å². The molecule has 1 aromatic carbocycles. The van der Waals surface area contributed by atoms with Crippen molar-refractivity contribution in [2.75, 3.05) is 0 Å². The summed E-state index contributed by atoms with van der Waals surface area (Å²) in [5.41, 5.74) is 1.08. The van der Waals surface area contributed by atoms with Crippen molar-refractivity contribution in [3.05, 3.63) is 29.8 Å². The Labute approximate surface area is 102 Å². The summed E-state index contributed by atoms with van der Waals surface area (Å²) >= 11 is 0. The molecule has 1 rings (SSSR count). The third kappa shape index (κ3) is 5.24. The Balaban J connectivity index is 2.41. The minimum atomic E-state index is -0.147. The molecule has 0 aromatic heterocycles. The van der Waals surface area contributed by atoms with Gasteiger partial charge in [-0.05, 0) is 44.9 Å². The van der Waals surface area contributed by atoms with E-state index >= 15 is 0 Å². The highest BCUT2D eigenvalue weighted by atomic mass is 16.3. The van der Waals surface area contributed by atoms with E-state index in [-0.39, 0.29) is 23.9 Å². The summed E-state index contributed by atoms with van der Waals surface area (Å²) in [6.07, 6.45) is 0.742. The van der Waals surface area contributed by atoms with Crippen LogP contribution in [-0.4, -0.2) is 23.2 Å².